The minimum absolute atomic E-state index is 0.0539. The van der Waals surface area contributed by atoms with E-state index >= 15 is 0 Å². The van der Waals surface area contributed by atoms with Gasteiger partial charge in [0.05, 0.1) is 12.1 Å². The van der Waals surface area contributed by atoms with Crippen LogP contribution in [0.15, 0.2) is 30.3 Å². The third kappa shape index (κ3) is 4.37. The van der Waals surface area contributed by atoms with Gasteiger partial charge in [-0.15, -0.1) is 0 Å². The summed E-state index contributed by atoms with van der Waals surface area (Å²) in [6.45, 7) is 5.13. The molecule has 1 N–H and O–H groups in total. The van der Waals surface area contributed by atoms with E-state index in [9.17, 15) is 4.79 Å². The number of carbonyl (C=O) groups is 1. The minimum Gasteiger partial charge on any atom is -0.379 e. The first-order chi connectivity index (χ1) is 11.7. The monoisotopic (exact) mass is 330 g/mol. The Bertz CT molecular complexity index is 534. The van der Waals surface area contributed by atoms with Crippen LogP contribution in [0.4, 0.5) is 0 Å². The molecule has 1 aliphatic carbocycles. The first-order valence-corrected chi connectivity index (χ1v) is 9.22. The van der Waals surface area contributed by atoms with Crippen LogP contribution in [0.5, 0.6) is 0 Å². The summed E-state index contributed by atoms with van der Waals surface area (Å²) in [4.78, 5) is 14.0. The number of methoxy groups -OCH3 is 1. The Kier molecular flexibility index (Phi) is 5.90. The lowest BCUT2D eigenvalue weighted by Crippen LogP contribution is -2.49. The molecule has 2 aliphatic rings. The zero-order valence-electron chi connectivity index (χ0n) is 14.9. The van der Waals surface area contributed by atoms with Gasteiger partial charge < -0.3 is 15.0 Å². The third-order valence-corrected chi connectivity index (χ3v) is 5.67. The zero-order chi connectivity index (χ0) is 16.9. The van der Waals surface area contributed by atoms with E-state index in [0.29, 0.717) is 5.92 Å². The number of benzene rings is 1. The van der Waals surface area contributed by atoms with E-state index in [1.54, 1.807) is 14.0 Å². The van der Waals surface area contributed by atoms with Gasteiger partial charge in [0, 0.05) is 27.1 Å². The number of amides is 1. The highest BCUT2D eigenvalue weighted by Gasteiger charge is 2.42. The summed E-state index contributed by atoms with van der Waals surface area (Å²) in [5.74, 6) is 1.47. The number of carbonyl (C=O) groups excluding carboxylic acids is 1. The number of hydrogen-bond donors (Lipinski definition) is 1. The zero-order valence-corrected chi connectivity index (χ0v) is 14.9. The van der Waals surface area contributed by atoms with Gasteiger partial charge in [-0.3, -0.25) is 4.79 Å². The largest absolute Gasteiger partial charge is 0.379 e. The molecule has 1 aromatic carbocycles. The molecule has 132 valence electrons. The van der Waals surface area contributed by atoms with Crippen molar-refractivity contribution in [3.63, 3.8) is 0 Å². The lowest BCUT2D eigenvalue weighted by atomic mass is 9.77. The number of likely N-dealkylation sites (tertiary alicyclic amines) is 1. The van der Waals surface area contributed by atoms with Crippen molar-refractivity contribution in [1.29, 1.82) is 0 Å². The van der Waals surface area contributed by atoms with E-state index in [0.717, 1.165) is 25.2 Å². The van der Waals surface area contributed by atoms with Gasteiger partial charge in [-0.2, -0.15) is 0 Å². The van der Waals surface area contributed by atoms with Gasteiger partial charge in [0.25, 0.3) is 0 Å². The number of nitrogens with zero attached hydrogens (tertiary/aromatic N) is 1. The van der Waals surface area contributed by atoms with Crippen molar-refractivity contribution in [2.24, 2.45) is 11.8 Å². The highest BCUT2D eigenvalue weighted by atomic mass is 16.5. The van der Waals surface area contributed by atoms with Gasteiger partial charge in [-0.1, -0.05) is 30.3 Å². The molecule has 0 unspecified atom stereocenters. The number of nitrogens with one attached hydrogen (secondary N) is 1. The van der Waals surface area contributed by atoms with Gasteiger partial charge in [-0.25, -0.2) is 0 Å². The van der Waals surface area contributed by atoms with E-state index in [-0.39, 0.29) is 18.1 Å². The highest BCUT2D eigenvalue weighted by molar-refractivity contribution is 5.73. The minimum atomic E-state index is 0.0539. The van der Waals surface area contributed by atoms with Gasteiger partial charge in [-0.05, 0) is 49.6 Å². The average Bonchev–Trinajstić information content (AvgIpc) is 2.96. The Labute approximate surface area is 145 Å². The van der Waals surface area contributed by atoms with Crippen LogP contribution < -0.4 is 5.32 Å². The quantitative estimate of drug-likeness (QED) is 0.871. The fraction of sp³-hybridized carbons (Fsp3) is 0.650. The smallest absolute Gasteiger partial charge is 0.217 e. The van der Waals surface area contributed by atoms with E-state index in [1.165, 1.54) is 31.6 Å². The van der Waals surface area contributed by atoms with Crippen molar-refractivity contribution in [3.8, 4) is 0 Å². The normalized spacial score (nSPS) is 30.1. The summed E-state index contributed by atoms with van der Waals surface area (Å²) in [6, 6.07) is 10.9. The summed E-state index contributed by atoms with van der Waals surface area (Å²) in [7, 11) is 1.77. The first kappa shape index (κ1) is 17.4. The second kappa shape index (κ2) is 8.13. The summed E-state index contributed by atoms with van der Waals surface area (Å²) in [5.41, 5.74) is 1.43. The SMILES string of the molecule is CO[C@@H]1C[C@H]2CN(CCCc3ccccc3)C[C@H]2C[C@H]1NC(C)=O. The summed E-state index contributed by atoms with van der Waals surface area (Å²) < 4.78 is 5.65. The predicted octanol–water partition coefficient (Wildman–Crippen LogP) is 2.48. The standard InChI is InChI=1S/C20H30N2O2/c1-15(23)21-19-11-17-13-22(14-18(17)12-20(19)24-2)10-6-9-16-7-4-3-5-8-16/h3-5,7-8,17-20H,6,9-14H2,1-2H3,(H,21,23)/t17-,18+,19-,20-/m1/s1. The average molecular weight is 330 g/mol. The highest BCUT2D eigenvalue weighted by Crippen LogP contribution is 2.37. The molecule has 24 heavy (non-hydrogen) atoms. The van der Waals surface area contributed by atoms with Crippen LogP contribution in [0.25, 0.3) is 0 Å². The Hall–Kier alpha value is -1.39. The molecule has 3 rings (SSSR count). The maximum Gasteiger partial charge on any atom is 0.217 e. The molecule has 0 spiro atoms. The topological polar surface area (TPSA) is 41.6 Å². The fourth-order valence-electron chi connectivity index (χ4n) is 4.52. The van der Waals surface area contributed by atoms with Crippen LogP contribution in [-0.2, 0) is 16.0 Å². The van der Waals surface area contributed by atoms with Crippen LogP contribution >= 0.6 is 0 Å². The van der Waals surface area contributed by atoms with E-state index in [1.807, 2.05) is 0 Å². The van der Waals surface area contributed by atoms with E-state index in [4.69, 9.17) is 4.74 Å². The van der Waals surface area contributed by atoms with Crippen LogP contribution in [0.1, 0.15) is 31.7 Å². The summed E-state index contributed by atoms with van der Waals surface area (Å²) in [6.07, 6.45) is 4.66. The Morgan fingerprint density at radius 3 is 2.58 bits per heavy atom. The number of rotatable bonds is 6. The van der Waals surface area contributed by atoms with Gasteiger partial charge in [0.15, 0.2) is 0 Å². The molecule has 4 nitrogen and oxygen atoms in total. The lowest BCUT2D eigenvalue weighted by Gasteiger charge is -2.37. The predicted molar refractivity (Wildman–Crippen MR) is 95.8 cm³/mol. The van der Waals surface area contributed by atoms with Gasteiger partial charge in [0.1, 0.15) is 0 Å². The number of fused-ring (bicyclic) bond motifs is 1. The van der Waals surface area contributed by atoms with Crippen LogP contribution in [0.2, 0.25) is 0 Å². The van der Waals surface area contributed by atoms with Gasteiger partial charge >= 0.3 is 0 Å². The van der Waals surface area contributed by atoms with E-state index < -0.39 is 0 Å². The number of aryl methyl sites for hydroxylation is 1. The van der Waals surface area contributed by atoms with Crippen molar-refractivity contribution in [2.75, 3.05) is 26.7 Å². The van der Waals surface area contributed by atoms with Crippen LogP contribution in [0.3, 0.4) is 0 Å². The molecule has 1 aliphatic heterocycles. The Morgan fingerprint density at radius 1 is 1.21 bits per heavy atom. The van der Waals surface area contributed by atoms with Crippen molar-refractivity contribution in [2.45, 2.75) is 44.8 Å². The molecule has 4 heteroatoms. The molecule has 1 amide bonds. The second-order valence-electron chi connectivity index (χ2n) is 7.42. The number of hydrogen-bond acceptors (Lipinski definition) is 3. The maximum absolute atomic E-state index is 11.4. The lowest BCUT2D eigenvalue weighted by molar-refractivity contribution is -0.121. The molecule has 0 aromatic heterocycles. The summed E-state index contributed by atoms with van der Waals surface area (Å²) in [5, 5.41) is 3.09. The van der Waals surface area contributed by atoms with Crippen LogP contribution in [-0.4, -0.2) is 49.7 Å². The van der Waals surface area contributed by atoms with Crippen molar-refractivity contribution >= 4 is 5.91 Å². The van der Waals surface area contributed by atoms with Crippen LogP contribution in [0, 0.1) is 11.8 Å². The molecule has 0 radical (unpaired) electrons. The molecular formula is C20H30N2O2. The van der Waals surface area contributed by atoms with E-state index in [2.05, 4.69) is 40.5 Å². The molecule has 1 saturated heterocycles. The Balaban J connectivity index is 1.48. The molecule has 2 fully saturated rings. The summed E-state index contributed by atoms with van der Waals surface area (Å²) >= 11 is 0. The molecule has 1 saturated carbocycles. The number of ether oxygens (including phenoxy) is 1. The third-order valence-electron chi connectivity index (χ3n) is 5.67. The molecule has 1 heterocycles. The second-order valence-corrected chi connectivity index (χ2v) is 7.42. The fourth-order valence-corrected chi connectivity index (χ4v) is 4.52. The maximum atomic E-state index is 11.4. The Morgan fingerprint density at radius 2 is 1.92 bits per heavy atom. The first-order valence-electron chi connectivity index (χ1n) is 9.22. The molecule has 0 bridgehead atoms. The molecule has 4 atom stereocenters. The van der Waals surface area contributed by atoms with Crippen molar-refractivity contribution in [1.82, 2.24) is 10.2 Å². The van der Waals surface area contributed by atoms with Gasteiger partial charge in [0.2, 0.25) is 5.91 Å². The molecule has 1 aromatic rings. The van der Waals surface area contributed by atoms with Crippen molar-refractivity contribution in [3.05, 3.63) is 35.9 Å². The molecular weight excluding hydrogens is 300 g/mol. The van der Waals surface area contributed by atoms with Crippen molar-refractivity contribution < 1.29 is 9.53 Å².